The number of hydrogen-bond acceptors (Lipinski definition) is 4. The Morgan fingerprint density at radius 2 is 1.68 bits per heavy atom. The van der Waals surface area contributed by atoms with Crippen molar-refractivity contribution in [1.29, 1.82) is 0 Å². The maximum absolute atomic E-state index is 13.2. The lowest BCUT2D eigenvalue weighted by atomic mass is 10.0. The third-order valence-electron chi connectivity index (χ3n) is 5.78. The third kappa shape index (κ3) is 6.93. The summed E-state index contributed by atoms with van der Waals surface area (Å²) in [6.07, 6.45) is -5.21. The summed E-state index contributed by atoms with van der Waals surface area (Å²) in [6, 6.07) is 18.2. The molecule has 4 rings (SSSR count). The molecule has 0 saturated carbocycles. The second-order valence-corrected chi connectivity index (χ2v) is 8.51. The molecule has 37 heavy (non-hydrogen) atoms. The molecule has 6 nitrogen and oxygen atoms in total. The highest BCUT2D eigenvalue weighted by molar-refractivity contribution is 6.04. The fraction of sp³-hybridized carbons (Fsp3) is 0.222. The van der Waals surface area contributed by atoms with E-state index >= 15 is 0 Å². The maximum atomic E-state index is 13.2. The van der Waals surface area contributed by atoms with Crippen molar-refractivity contribution in [2.75, 3.05) is 0 Å². The molecule has 2 N–H and O–H groups in total. The van der Waals surface area contributed by atoms with Gasteiger partial charge in [0, 0.05) is 19.4 Å². The Balaban J connectivity index is 1.42. The van der Waals surface area contributed by atoms with Crippen LogP contribution in [0.3, 0.4) is 0 Å². The molecule has 0 fully saturated rings. The molecule has 2 unspecified atom stereocenters. The van der Waals surface area contributed by atoms with Gasteiger partial charge in [-0.1, -0.05) is 59.8 Å². The van der Waals surface area contributed by atoms with E-state index in [1.54, 1.807) is 24.3 Å². The Labute approximate surface area is 210 Å². The minimum absolute atomic E-state index is 0.126. The van der Waals surface area contributed by atoms with Crippen LogP contribution < -0.4 is 10.6 Å². The quantitative estimate of drug-likeness (QED) is 0.439. The molecule has 0 aromatic heterocycles. The first-order valence-corrected chi connectivity index (χ1v) is 11.5. The standard InChI is InChI=1S/C27H23F4N3O3/c28-21-11-9-19(10-12-21)22-15-24(37-34-22)26(36)33-23(14-17-5-2-1-3-6-17)25(35)32-16-18-7-4-8-20(13-18)27(29,30)31/h1-13,23-24H,14-16H2,(H,32,35)(H,33,36). The average molecular weight is 513 g/mol. The van der Waals surface area contributed by atoms with Crippen LogP contribution in [0.5, 0.6) is 0 Å². The molecule has 0 radical (unpaired) electrons. The summed E-state index contributed by atoms with van der Waals surface area (Å²) < 4.78 is 52.2. The maximum Gasteiger partial charge on any atom is 0.416 e. The predicted octanol–water partition coefficient (Wildman–Crippen LogP) is 4.38. The van der Waals surface area contributed by atoms with Gasteiger partial charge in [-0.25, -0.2) is 4.39 Å². The molecule has 1 heterocycles. The number of carbonyl (C=O) groups excluding carboxylic acids is 2. The largest absolute Gasteiger partial charge is 0.416 e. The van der Waals surface area contributed by atoms with Gasteiger partial charge in [0.15, 0.2) is 0 Å². The minimum atomic E-state index is -4.50. The number of alkyl halides is 3. The number of amides is 2. The monoisotopic (exact) mass is 513 g/mol. The molecule has 0 bridgehead atoms. The summed E-state index contributed by atoms with van der Waals surface area (Å²) in [5.74, 6) is -1.54. The van der Waals surface area contributed by atoms with E-state index in [0.29, 0.717) is 11.3 Å². The number of benzene rings is 3. The summed E-state index contributed by atoms with van der Waals surface area (Å²) in [7, 11) is 0. The summed E-state index contributed by atoms with van der Waals surface area (Å²) in [5.41, 5.74) is 1.30. The van der Waals surface area contributed by atoms with Gasteiger partial charge in [0.25, 0.3) is 5.91 Å². The van der Waals surface area contributed by atoms with Gasteiger partial charge < -0.3 is 15.5 Å². The van der Waals surface area contributed by atoms with E-state index in [1.165, 1.54) is 36.4 Å². The van der Waals surface area contributed by atoms with Gasteiger partial charge in [0.1, 0.15) is 11.9 Å². The van der Waals surface area contributed by atoms with Crippen molar-refractivity contribution in [2.45, 2.75) is 37.7 Å². The number of nitrogens with zero attached hydrogens (tertiary/aromatic N) is 1. The fourth-order valence-electron chi connectivity index (χ4n) is 3.82. The number of carbonyl (C=O) groups is 2. The zero-order valence-electron chi connectivity index (χ0n) is 19.5. The average Bonchev–Trinajstić information content (AvgIpc) is 3.38. The molecule has 2 amide bonds. The number of halogens is 4. The third-order valence-corrected chi connectivity index (χ3v) is 5.78. The van der Waals surface area contributed by atoms with Gasteiger partial charge in [-0.15, -0.1) is 0 Å². The molecule has 10 heteroatoms. The highest BCUT2D eigenvalue weighted by atomic mass is 19.4. The molecule has 1 aliphatic rings. The lowest BCUT2D eigenvalue weighted by Crippen LogP contribution is -2.50. The van der Waals surface area contributed by atoms with Crippen molar-refractivity contribution in [3.8, 4) is 0 Å². The van der Waals surface area contributed by atoms with Gasteiger partial charge >= 0.3 is 6.18 Å². The molecule has 192 valence electrons. The van der Waals surface area contributed by atoms with Crippen molar-refractivity contribution in [3.63, 3.8) is 0 Å². The second kappa shape index (κ2) is 11.2. The van der Waals surface area contributed by atoms with Crippen molar-refractivity contribution < 1.29 is 32.0 Å². The predicted molar refractivity (Wildman–Crippen MR) is 128 cm³/mol. The van der Waals surface area contributed by atoms with Crippen LogP contribution in [-0.2, 0) is 33.6 Å². The Morgan fingerprint density at radius 1 is 0.973 bits per heavy atom. The minimum Gasteiger partial charge on any atom is -0.382 e. The van der Waals surface area contributed by atoms with E-state index in [0.717, 1.165) is 17.7 Å². The Morgan fingerprint density at radius 3 is 2.38 bits per heavy atom. The van der Waals surface area contributed by atoms with E-state index in [1.807, 2.05) is 6.07 Å². The van der Waals surface area contributed by atoms with Crippen LogP contribution in [0.1, 0.15) is 28.7 Å². The lowest BCUT2D eigenvalue weighted by molar-refractivity contribution is -0.137. The van der Waals surface area contributed by atoms with E-state index < -0.39 is 41.5 Å². The van der Waals surface area contributed by atoms with Crippen LogP contribution in [0, 0.1) is 5.82 Å². The SMILES string of the molecule is O=C(NCc1cccc(C(F)(F)F)c1)C(Cc1ccccc1)NC(=O)C1CC(c2ccc(F)cc2)=NO1. The summed E-state index contributed by atoms with van der Waals surface area (Å²) >= 11 is 0. The highest BCUT2D eigenvalue weighted by Crippen LogP contribution is 2.29. The van der Waals surface area contributed by atoms with Crippen LogP contribution >= 0.6 is 0 Å². The number of hydrogen-bond donors (Lipinski definition) is 2. The normalized spacial score (nSPS) is 15.9. The van der Waals surface area contributed by atoms with Crippen molar-refractivity contribution >= 4 is 17.5 Å². The van der Waals surface area contributed by atoms with Crippen LogP contribution in [-0.4, -0.2) is 29.7 Å². The first kappa shape index (κ1) is 25.9. The molecular weight excluding hydrogens is 490 g/mol. The molecular formula is C27H23F4N3O3. The summed E-state index contributed by atoms with van der Waals surface area (Å²) in [4.78, 5) is 31.2. The molecule has 3 aromatic carbocycles. The van der Waals surface area contributed by atoms with Crippen LogP contribution in [0.4, 0.5) is 17.6 Å². The van der Waals surface area contributed by atoms with Crippen molar-refractivity contribution in [1.82, 2.24) is 10.6 Å². The Bertz CT molecular complexity index is 1280. The zero-order valence-corrected chi connectivity index (χ0v) is 19.5. The highest BCUT2D eigenvalue weighted by Gasteiger charge is 2.33. The van der Waals surface area contributed by atoms with E-state index in [2.05, 4.69) is 15.8 Å². The Hall–Kier alpha value is -4.21. The van der Waals surface area contributed by atoms with Crippen molar-refractivity contribution in [3.05, 3.63) is 107 Å². The molecule has 1 aliphatic heterocycles. The number of oxime groups is 1. The molecule has 0 saturated heterocycles. The molecule has 3 aromatic rings. The molecule has 0 spiro atoms. The number of rotatable bonds is 8. The first-order chi connectivity index (χ1) is 17.7. The van der Waals surface area contributed by atoms with Crippen LogP contribution in [0.2, 0.25) is 0 Å². The smallest absolute Gasteiger partial charge is 0.382 e. The van der Waals surface area contributed by atoms with Gasteiger partial charge in [0.05, 0.1) is 11.3 Å². The number of nitrogens with one attached hydrogen (secondary N) is 2. The van der Waals surface area contributed by atoms with Gasteiger partial charge in [0.2, 0.25) is 12.0 Å². The van der Waals surface area contributed by atoms with Gasteiger partial charge in [-0.2, -0.15) is 13.2 Å². The molecule has 2 atom stereocenters. The van der Waals surface area contributed by atoms with Crippen LogP contribution in [0.15, 0.2) is 84.0 Å². The zero-order chi connectivity index (χ0) is 26.4. The van der Waals surface area contributed by atoms with Gasteiger partial charge in [-0.05, 0) is 41.0 Å². The molecule has 0 aliphatic carbocycles. The van der Waals surface area contributed by atoms with Gasteiger partial charge in [-0.3, -0.25) is 9.59 Å². The van der Waals surface area contributed by atoms with Crippen LogP contribution in [0.25, 0.3) is 0 Å². The Kier molecular flexibility index (Phi) is 7.86. The summed E-state index contributed by atoms with van der Waals surface area (Å²) in [6.45, 7) is -0.151. The fourth-order valence-corrected chi connectivity index (χ4v) is 3.82. The first-order valence-electron chi connectivity index (χ1n) is 11.5. The second-order valence-electron chi connectivity index (χ2n) is 8.51. The van der Waals surface area contributed by atoms with E-state index in [-0.39, 0.29) is 24.9 Å². The van der Waals surface area contributed by atoms with E-state index in [4.69, 9.17) is 4.84 Å². The summed E-state index contributed by atoms with van der Waals surface area (Å²) in [5, 5.41) is 9.20. The lowest BCUT2D eigenvalue weighted by Gasteiger charge is -2.20. The topological polar surface area (TPSA) is 79.8 Å². The van der Waals surface area contributed by atoms with E-state index in [9.17, 15) is 27.2 Å². The van der Waals surface area contributed by atoms with Crippen molar-refractivity contribution in [2.24, 2.45) is 5.16 Å².